The van der Waals surface area contributed by atoms with E-state index in [1.165, 1.54) is 11.1 Å². The van der Waals surface area contributed by atoms with Gasteiger partial charge in [-0.1, -0.05) is 30.3 Å². The third-order valence-corrected chi connectivity index (χ3v) is 4.29. The maximum Gasteiger partial charge on any atom is 0.127 e. The highest BCUT2D eigenvalue weighted by Crippen LogP contribution is 2.37. The van der Waals surface area contributed by atoms with Crippen LogP contribution in [0.15, 0.2) is 42.5 Å². The van der Waals surface area contributed by atoms with E-state index in [0.717, 1.165) is 30.0 Å². The minimum atomic E-state index is 0.117. The lowest BCUT2D eigenvalue weighted by Crippen LogP contribution is -2.20. The quantitative estimate of drug-likeness (QED) is 0.891. The molecule has 3 N–H and O–H groups in total. The molecule has 0 bridgehead atoms. The summed E-state index contributed by atoms with van der Waals surface area (Å²) in [4.78, 5) is 0. The molecule has 0 aliphatic heterocycles. The maximum atomic E-state index is 6.22. The largest absolute Gasteiger partial charge is 0.497 e. The molecule has 0 radical (unpaired) electrons. The average molecular weight is 298 g/mol. The Morgan fingerprint density at radius 1 is 1.09 bits per heavy atom. The van der Waals surface area contributed by atoms with Crippen molar-refractivity contribution in [1.82, 2.24) is 5.32 Å². The number of fused-ring (bicyclic) bond motifs is 1. The van der Waals surface area contributed by atoms with E-state index >= 15 is 0 Å². The smallest absolute Gasteiger partial charge is 0.127 e. The third kappa shape index (κ3) is 2.80. The molecule has 1 aliphatic rings. The average Bonchev–Trinajstić information content (AvgIpc) is 2.89. The van der Waals surface area contributed by atoms with Gasteiger partial charge in [0, 0.05) is 30.3 Å². The highest BCUT2D eigenvalue weighted by atomic mass is 16.5. The molecular formula is C18H22N2O2. The molecule has 0 fully saturated rings. The first-order chi connectivity index (χ1) is 10.7. The molecule has 0 amide bonds. The minimum Gasteiger partial charge on any atom is -0.497 e. The Kier molecular flexibility index (Phi) is 4.32. The topological polar surface area (TPSA) is 56.5 Å². The van der Waals surface area contributed by atoms with Gasteiger partial charge < -0.3 is 20.5 Å². The van der Waals surface area contributed by atoms with E-state index in [1.54, 1.807) is 14.2 Å². The van der Waals surface area contributed by atoms with Gasteiger partial charge in [-0.25, -0.2) is 0 Å². The summed E-state index contributed by atoms with van der Waals surface area (Å²) in [6.07, 6.45) is 0.928. The van der Waals surface area contributed by atoms with Gasteiger partial charge in [-0.2, -0.15) is 0 Å². The van der Waals surface area contributed by atoms with Gasteiger partial charge in [0.2, 0.25) is 0 Å². The fourth-order valence-corrected chi connectivity index (χ4v) is 3.10. The van der Waals surface area contributed by atoms with Crippen molar-refractivity contribution in [2.45, 2.75) is 25.0 Å². The molecule has 0 spiro atoms. The second-order valence-corrected chi connectivity index (χ2v) is 5.58. The Bertz CT molecular complexity index is 657. The second kappa shape index (κ2) is 6.38. The van der Waals surface area contributed by atoms with Crippen LogP contribution in [0.3, 0.4) is 0 Å². The zero-order valence-corrected chi connectivity index (χ0v) is 13.0. The van der Waals surface area contributed by atoms with E-state index in [0.29, 0.717) is 0 Å². The van der Waals surface area contributed by atoms with Gasteiger partial charge in [-0.3, -0.25) is 0 Å². The van der Waals surface area contributed by atoms with Crippen molar-refractivity contribution in [1.29, 1.82) is 0 Å². The van der Waals surface area contributed by atoms with E-state index in [9.17, 15) is 0 Å². The molecule has 0 aromatic heterocycles. The second-order valence-electron chi connectivity index (χ2n) is 5.58. The Labute approximate surface area is 131 Å². The highest BCUT2D eigenvalue weighted by molar-refractivity contribution is 5.41. The molecule has 3 rings (SSSR count). The summed E-state index contributed by atoms with van der Waals surface area (Å²) in [6, 6.07) is 14.7. The first-order valence-corrected chi connectivity index (χ1v) is 7.51. The van der Waals surface area contributed by atoms with E-state index < -0.39 is 0 Å². The van der Waals surface area contributed by atoms with E-state index in [2.05, 4.69) is 23.5 Å². The van der Waals surface area contributed by atoms with Crippen molar-refractivity contribution in [3.63, 3.8) is 0 Å². The van der Waals surface area contributed by atoms with Gasteiger partial charge in [0.25, 0.3) is 0 Å². The summed E-state index contributed by atoms with van der Waals surface area (Å²) in [6.45, 7) is 0.735. The molecule has 2 aromatic rings. The number of rotatable bonds is 5. The molecule has 0 heterocycles. The monoisotopic (exact) mass is 298 g/mol. The molecule has 2 aromatic carbocycles. The van der Waals surface area contributed by atoms with Crippen LogP contribution in [0.2, 0.25) is 0 Å². The highest BCUT2D eigenvalue weighted by Gasteiger charge is 2.27. The number of nitrogens with one attached hydrogen (secondary N) is 1. The Hall–Kier alpha value is -2.04. The first-order valence-electron chi connectivity index (χ1n) is 7.51. The molecule has 1 aliphatic carbocycles. The van der Waals surface area contributed by atoms with Crippen LogP contribution < -0.4 is 20.5 Å². The summed E-state index contributed by atoms with van der Waals surface area (Å²) in [5, 5.41) is 3.60. The van der Waals surface area contributed by atoms with Gasteiger partial charge in [-0.15, -0.1) is 0 Å². The fraction of sp³-hybridized carbons (Fsp3) is 0.333. The first kappa shape index (κ1) is 14.9. The summed E-state index contributed by atoms with van der Waals surface area (Å²) < 4.78 is 10.7. The van der Waals surface area contributed by atoms with Gasteiger partial charge in [0.15, 0.2) is 0 Å². The van der Waals surface area contributed by atoms with E-state index in [-0.39, 0.29) is 12.1 Å². The lowest BCUT2D eigenvalue weighted by atomic mass is 10.1. The van der Waals surface area contributed by atoms with Gasteiger partial charge in [0.05, 0.1) is 14.2 Å². The van der Waals surface area contributed by atoms with Crippen LogP contribution in [0.25, 0.3) is 0 Å². The van der Waals surface area contributed by atoms with Crippen LogP contribution in [0.1, 0.15) is 35.2 Å². The Morgan fingerprint density at radius 3 is 2.59 bits per heavy atom. The lowest BCUT2D eigenvalue weighted by molar-refractivity contribution is 0.388. The maximum absolute atomic E-state index is 6.22. The number of ether oxygens (including phenoxy) is 2. The molecule has 2 unspecified atom stereocenters. The van der Waals surface area contributed by atoms with Gasteiger partial charge >= 0.3 is 0 Å². The summed E-state index contributed by atoms with van der Waals surface area (Å²) in [7, 11) is 3.34. The van der Waals surface area contributed by atoms with Crippen molar-refractivity contribution in [3.05, 3.63) is 59.2 Å². The molecule has 2 atom stereocenters. The van der Waals surface area contributed by atoms with Gasteiger partial charge in [-0.05, 0) is 23.6 Å². The summed E-state index contributed by atoms with van der Waals surface area (Å²) in [5.74, 6) is 1.64. The number of methoxy groups -OCH3 is 2. The normalized spacial score (nSPS) is 19.8. The predicted octanol–water partition coefficient (Wildman–Crippen LogP) is 2.94. The Morgan fingerprint density at radius 2 is 1.86 bits per heavy atom. The molecule has 0 saturated heterocycles. The number of hydrogen-bond acceptors (Lipinski definition) is 4. The molecule has 4 heteroatoms. The number of benzene rings is 2. The molecular weight excluding hydrogens is 276 g/mol. The minimum absolute atomic E-state index is 0.117. The van der Waals surface area contributed by atoms with Crippen LogP contribution in [0.5, 0.6) is 11.5 Å². The summed E-state index contributed by atoms with van der Waals surface area (Å²) >= 11 is 0. The lowest BCUT2D eigenvalue weighted by Gasteiger charge is -2.16. The van der Waals surface area contributed by atoms with Crippen molar-refractivity contribution in [3.8, 4) is 11.5 Å². The van der Waals surface area contributed by atoms with Crippen molar-refractivity contribution >= 4 is 0 Å². The molecule has 0 saturated carbocycles. The summed E-state index contributed by atoms with van der Waals surface area (Å²) in [5.41, 5.74) is 9.89. The number of hydrogen-bond donors (Lipinski definition) is 2. The fourth-order valence-electron chi connectivity index (χ4n) is 3.10. The van der Waals surface area contributed by atoms with Crippen molar-refractivity contribution in [2.75, 3.05) is 14.2 Å². The zero-order valence-electron chi connectivity index (χ0n) is 13.0. The SMILES string of the molecule is COc1ccc(CNC2CC(N)c3ccccc32)c(OC)c1. The van der Waals surface area contributed by atoms with Crippen molar-refractivity contribution < 1.29 is 9.47 Å². The van der Waals surface area contributed by atoms with Crippen LogP contribution in [-0.4, -0.2) is 14.2 Å². The molecule has 116 valence electrons. The van der Waals surface area contributed by atoms with E-state index in [1.807, 2.05) is 24.3 Å². The van der Waals surface area contributed by atoms with Crippen LogP contribution in [0, 0.1) is 0 Å². The number of nitrogens with two attached hydrogens (primary N) is 1. The molecule has 22 heavy (non-hydrogen) atoms. The molecule has 4 nitrogen and oxygen atoms in total. The van der Waals surface area contributed by atoms with Crippen LogP contribution in [-0.2, 0) is 6.54 Å². The van der Waals surface area contributed by atoms with Crippen LogP contribution >= 0.6 is 0 Å². The van der Waals surface area contributed by atoms with Crippen LogP contribution in [0.4, 0.5) is 0 Å². The standard InChI is InChI=1S/C18H22N2O2/c1-21-13-8-7-12(18(9-13)22-2)11-20-17-10-16(19)14-5-3-4-6-15(14)17/h3-9,16-17,20H,10-11,19H2,1-2H3. The van der Waals surface area contributed by atoms with Crippen molar-refractivity contribution in [2.24, 2.45) is 5.73 Å². The zero-order chi connectivity index (χ0) is 15.5. The third-order valence-electron chi connectivity index (χ3n) is 4.29. The predicted molar refractivity (Wildman–Crippen MR) is 87.1 cm³/mol. The Balaban J connectivity index is 1.74. The van der Waals surface area contributed by atoms with Gasteiger partial charge in [0.1, 0.15) is 11.5 Å². The van der Waals surface area contributed by atoms with E-state index in [4.69, 9.17) is 15.2 Å².